The molecule has 19 heavy (non-hydrogen) atoms. The maximum absolute atomic E-state index is 13.0. The fourth-order valence-electron chi connectivity index (χ4n) is 1.62. The number of methoxy groups -OCH3 is 1. The Labute approximate surface area is 119 Å². The highest BCUT2D eigenvalue weighted by molar-refractivity contribution is 9.08. The lowest BCUT2D eigenvalue weighted by Crippen LogP contribution is -1.99. The molecule has 1 aromatic carbocycles. The first-order chi connectivity index (χ1) is 9.22. The highest BCUT2D eigenvalue weighted by Gasteiger charge is 2.05. The van der Waals surface area contributed by atoms with Crippen LogP contribution < -0.4 is 9.47 Å². The summed E-state index contributed by atoms with van der Waals surface area (Å²) < 4.78 is 23.8. The van der Waals surface area contributed by atoms with Crippen LogP contribution in [0.4, 0.5) is 4.39 Å². The van der Waals surface area contributed by atoms with Gasteiger partial charge in [-0.25, -0.2) is 4.39 Å². The third kappa shape index (κ3) is 3.67. The summed E-state index contributed by atoms with van der Waals surface area (Å²) in [5.41, 5.74) is 1.67. The van der Waals surface area contributed by atoms with Crippen molar-refractivity contribution in [3.63, 3.8) is 0 Å². The van der Waals surface area contributed by atoms with Crippen molar-refractivity contribution in [3.05, 3.63) is 53.6 Å². The van der Waals surface area contributed by atoms with E-state index in [9.17, 15) is 4.39 Å². The van der Waals surface area contributed by atoms with Gasteiger partial charge in [-0.1, -0.05) is 15.9 Å². The SMILES string of the molecule is COc1ccc(OCc2cncc(F)c2)c(CBr)c1. The van der Waals surface area contributed by atoms with Crippen molar-refractivity contribution in [1.29, 1.82) is 0 Å². The number of benzene rings is 1. The summed E-state index contributed by atoms with van der Waals surface area (Å²) >= 11 is 3.40. The number of rotatable bonds is 5. The number of hydrogen-bond donors (Lipinski definition) is 0. The maximum atomic E-state index is 13.0. The van der Waals surface area contributed by atoms with Gasteiger partial charge in [0.05, 0.1) is 13.3 Å². The van der Waals surface area contributed by atoms with Gasteiger partial charge < -0.3 is 9.47 Å². The van der Waals surface area contributed by atoms with E-state index in [0.29, 0.717) is 10.9 Å². The van der Waals surface area contributed by atoms with E-state index in [1.54, 1.807) is 13.3 Å². The Hall–Kier alpha value is -1.62. The summed E-state index contributed by atoms with van der Waals surface area (Å²) in [7, 11) is 1.62. The number of nitrogens with zero attached hydrogens (tertiary/aromatic N) is 1. The Morgan fingerprint density at radius 2 is 2.11 bits per heavy atom. The number of halogens is 2. The summed E-state index contributed by atoms with van der Waals surface area (Å²) in [4.78, 5) is 3.78. The van der Waals surface area contributed by atoms with Crippen LogP contribution in [0.25, 0.3) is 0 Å². The third-order valence-electron chi connectivity index (χ3n) is 2.57. The van der Waals surface area contributed by atoms with Crippen LogP contribution in [0.15, 0.2) is 36.7 Å². The minimum Gasteiger partial charge on any atom is -0.497 e. The molecular formula is C14H13BrFNO2. The Balaban J connectivity index is 2.11. The molecule has 2 rings (SSSR count). The van der Waals surface area contributed by atoms with Gasteiger partial charge in [-0.2, -0.15) is 0 Å². The zero-order valence-corrected chi connectivity index (χ0v) is 12.0. The summed E-state index contributed by atoms with van der Waals surface area (Å²) in [5.74, 6) is 1.15. The molecule has 2 aromatic rings. The average molecular weight is 326 g/mol. The van der Waals surface area contributed by atoms with Crippen LogP contribution in [0.1, 0.15) is 11.1 Å². The first kappa shape index (κ1) is 13.8. The van der Waals surface area contributed by atoms with Crippen molar-refractivity contribution in [1.82, 2.24) is 4.98 Å². The minimum absolute atomic E-state index is 0.275. The van der Waals surface area contributed by atoms with E-state index in [0.717, 1.165) is 17.1 Å². The van der Waals surface area contributed by atoms with Crippen molar-refractivity contribution in [2.45, 2.75) is 11.9 Å². The molecule has 0 aliphatic heterocycles. The Morgan fingerprint density at radius 3 is 2.79 bits per heavy atom. The molecule has 0 radical (unpaired) electrons. The molecule has 0 aliphatic carbocycles. The fourth-order valence-corrected chi connectivity index (χ4v) is 2.06. The monoisotopic (exact) mass is 325 g/mol. The number of hydrogen-bond acceptors (Lipinski definition) is 3. The van der Waals surface area contributed by atoms with Gasteiger partial charge in [-0.05, 0) is 24.3 Å². The lowest BCUT2D eigenvalue weighted by Gasteiger charge is -2.11. The lowest BCUT2D eigenvalue weighted by molar-refractivity contribution is 0.302. The molecule has 3 nitrogen and oxygen atoms in total. The molecule has 0 amide bonds. The van der Waals surface area contributed by atoms with Gasteiger partial charge in [0.1, 0.15) is 23.9 Å². The summed E-state index contributed by atoms with van der Waals surface area (Å²) in [6, 6.07) is 6.96. The molecule has 0 unspecified atom stereocenters. The second-order valence-corrected chi connectivity index (χ2v) is 4.47. The summed E-state index contributed by atoms with van der Waals surface area (Å²) in [5, 5.41) is 0.654. The molecule has 0 atom stereocenters. The van der Waals surface area contributed by atoms with Crippen molar-refractivity contribution in [3.8, 4) is 11.5 Å². The molecule has 5 heteroatoms. The maximum Gasteiger partial charge on any atom is 0.141 e. The van der Waals surface area contributed by atoms with E-state index in [4.69, 9.17) is 9.47 Å². The summed E-state index contributed by atoms with van der Waals surface area (Å²) in [6.07, 6.45) is 2.75. The van der Waals surface area contributed by atoms with E-state index < -0.39 is 0 Å². The van der Waals surface area contributed by atoms with Crippen molar-refractivity contribution < 1.29 is 13.9 Å². The molecule has 100 valence electrons. The van der Waals surface area contributed by atoms with Gasteiger partial charge in [-0.3, -0.25) is 4.98 Å². The third-order valence-corrected chi connectivity index (χ3v) is 3.17. The van der Waals surface area contributed by atoms with E-state index in [1.165, 1.54) is 12.3 Å². The molecule has 0 fully saturated rings. The molecule has 1 aromatic heterocycles. The van der Waals surface area contributed by atoms with Crippen molar-refractivity contribution >= 4 is 15.9 Å². The molecule has 0 aliphatic rings. The van der Waals surface area contributed by atoms with Crippen LogP contribution >= 0.6 is 15.9 Å². The van der Waals surface area contributed by atoms with Crippen LogP contribution in [-0.4, -0.2) is 12.1 Å². The van der Waals surface area contributed by atoms with Gasteiger partial charge in [0, 0.05) is 22.7 Å². The van der Waals surface area contributed by atoms with Gasteiger partial charge in [0.2, 0.25) is 0 Å². The second kappa shape index (κ2) is 6.52. The predicted molar refractivity (Wildman–Crippen MR) is 74.2 cm³/mol. The Kier molecular flexibility index (Phi) is 4.74. The average Bonchev–Trinajstić information content (AvgIpc) is 2.45. The Bertz CT molecular complexity index is 563. The smallest absolute Gasteiger partial charge is 0.141 e. The zero-order valence-electron chi connectivity index (χ0n) is 10.4. The van der Waals surface area contributed by atoms with Crippen molar-refractivity contribution in [2.24, 2.45) is 0 Å². The number of alkyl halides is 1. The lowest BCUT2D eigenvalue weighted by atomic mass is 10.2. The fraction of sp³-hybridized carbons (Fsp3) is 0.214. The molecule has 0 bridgehead atoms. The standard InChI is InChI=1S/C14H13BrFNO2/c1-18-13-2-3-14(11(5-13)6-15)19-9-10-4-12(16)8-17-7-10/h2-5,7-8H,6,9H2,1H3. The van der Waals surface area contributed by atoms with Crippen LogP contribution in [0.3, 0.4) is 0 Å². The first-order valence-electron chi connectivity index (χ1n) is 5.68. The normalized spacial score (nSPS) is 10.3. The van der Waals surface area contributed by atoms with E-state index in [-0.39, 0.29) is 12.4 Å². The van der Waals surface area contributed by atoms with Gasteiger partial charge in [0.25, 0.3) is 0 Å². The number of ether oxygens (including phenoxy) is 2. The largest absolute Gasteiger partial charge is 0.497 e. The van der Waals surface area contributed by atoms with Gasteiger partial charge in [-0.15, -0.1) is 0 Å². The number of pyridine rings is 1. The Morgan fingerprint density at radius 1 is 1.26 bits per heavy atom. The highest BCUT2D eigenvalue weighted by atomic mass is 79.9. The minimum atomic E-state index is -0.364. The number of aromatic nitrogens is 1. The van der Waals surface area contributed by atoms with Crippen LogP contribution in [-0.2, 0) is 11.9 Å². The van der Waals surface area contributed by atoms with Crippen LogP contribution in [0.2, 0.25) is 0 Å². The quantitative estimate of drug-likeness (QED) is 0.785. The molecule has 0 saturated carbocycles. The topological polar surface area (TPSA) is 31.4 Å². The molecular weight excluding hydrogens is 313 g/mol. The van der Waals surface area contributed by atoms with Crippen LogP contribution in [0.5, 0.6) is 11.5 Å². The van der Waals surface area contributed by atoms with E-state index in [2.05, 4.69) is 20.9 Å². The van der Waals surface area contributed by atoms with Gasteiger partial charge in [0.15, 0.2) is 0 Å². The highest BCUT2D eigenvalue weighted by Crippen LogP contribution is 2.26. The van der Waals surface area contributed by atoms with Gasteiger partial charge >= 0.3 is 0 Å². The second-order valence-electron chi connectivity index (χ2n) is 3.91. The molecule has 0 N–H and O–H groups in total. The predicted octanol–water partition coefficient (Wildman–Crippen LogP) is 3.70. The molecule has 0 spiro atoms. The zero-order chi connectivity index (χ0) is 13.7. The van der Waals surface area contributed by atoms with Crippen molar-refractivity contribution in [2.75, 3.05) is 7.11 Å². The molecule has 0 saturated heterocycles. The summed E-state index contributed by atoms with van der Waals surface area (Å²) in [6.45, 7) is 0.275. The van der Waals surface area contributed by atoms with Crippen LogP contribution in [0, 0.1) is 5.82 Å². The molecule has 1 heterocycles. The van der Waals surface area contributed by atoms with E-state index >= 15 is 0 Å². The van der Waals surface area contributed by atoms with E-state index in [1.807, 2.05) is 18.2 Å². The first-order valence-corrected chi connectivity index (χ1v) is 6.80.